The van der Waals surface area contributed by atoms with Gasteiger partial charge in [0, 0.05) is 0 Å². The van der Waals surface area contributed by atoms with Gasteiger partial charge in [-0.2, -0.15) is 11.8 Å². The van der Waals surface area contributed by atoms with Crippen molar-refractivity contribution in [2.75, 3.05) is 18.1 Å². The summed E-state index contributed by atoms with van der Waals surface area (Å²) in [5.74, 6) is 2.38. The third-order valence-corrected chi connectivity index (χ3v) is 2.64. The summed E-state index contributed by atoms with van der Waals surface area (Å²) in [7, 11) is 0. The molecule has 0 rings (SSSR count). The van der Waals surface area contributed by atoms with Crippen LogP contribution in [0.4, 0.5) is 0 Å². The lowest BCUT2D eigenvalue weighted by Crippen LogP contribution is -2.25. The molecule has 0 saturated carbocycles. The van der Waals surface area contributed by atoms with Gasteiger partial charge in [-0.05, 0) is 23.5 Å². The minimum absolute atomic E-state index is 0.334. The highest BCUT2D eigenvalue weighted by Crippen LogP contribution is 2.19. The molecule has 0 heterocycles. The molecule has 0 amide bonds. The Kier molecular flexibility index (Phi) is 4.32. The Bertz CT molecular complexity index is 71.3. The molecule has 56 valence electrons. The summed E-state index contributed by atoms with van der Waals surface area (Å²) in [5.41, 5.74) is 5.87. The van der Waals surface area contributed by atoms with E-state index in [2.05, 4.69) is 20.8 Å². The van der Waals surface area contributed by atoms with E-state index in [1.165, 1.54) is 11.5 Å². The van der Waals surface area contributed by atoms with Crippen molar-refractivity contribution in [1.29, 1.82) is 0 Å². The Hall–Kier alpha value is 0.310. The first kappa shape index (κ1) is 9.31. The maximum absolute atomic E-state index is 5.53. The molecule has 2 heteroatoms. The summed E-state index contributed by atoms with van der Waals surface area (Å²) in [6.45, 7) is 7.38. The monoisotopic (exact) mass is 147 g/mol. The van der Waals surface area contributed by atoms with Crippen molar-refractivity contribution in [3.63, 3.8) is 0 Å². The van der Waals surface area contributed by atoms with Crippen LogP contribution in [-0.4, -0.2) is 18.1 Å². The lowest BCUT2D eigenvalue weighted by Gasteiger charge is -2.20. The fraction of sp³-hybridized carbons (Fsp3) is 1.00. The van der Waals surface area contributed by atoms with E-state index < -0.39 is 0 Å². The molecule has 2 N–H and O–H groups in total. The molecule has 0 radical (unpaired) electrons. The van der Waals surface area contributed by atoms with E-state index in [1.807, 2.05) is 11.8 Å². The molecule has 0 aromatic carbocycles. The Morgan fingerprint density at radius 3 is 2.33 bits per heavy atom. The predicted octanol–water partition coefficient (Wildman–Crippen LogP) is 1.72. The number of rotatable bonds is 4. The molecule has 0 unspecified atom stereocenters. The van der Waals surface area contributed by atoms with Crippen LogP contribution >= 0.6 is 11.8 Å². The second-order valence-electron chi connectivity index (χ2n) is 3.01. The number of thioether (sulfide) groups is 1. The molecule has 0 fully saturated rings. The fourth-order valence-electron chi connectivity index (χ4n) is 0.437. The zero-order valence-corrected chi connectivity index (χ0v) is 7.42. The minimum Gasteiger partial charge on any atom is -0.330 e. The van der Waals surface area contributed by atoms with Crippen LogP contribution in [0.5, 0.6) is 0 Å². The zero-order valence-electron chi connectivity index (χ0n) is 6.61. The Labute approximate surface area is 62.4 Å². The van der Waals surface area contributed by atoms with Gasteiger partial charge in [0.15, 0.2) is 0 Å². The van der Waals surface area contributed by atoms with Crippen molar-refractivity contribution in [1.82, 2.24) is 0 Å². The van der Waals surface area contributed by atoms with E-state index in [0.717, 1.165) is 6.54 Å². The molecular formula is C7H17NS. The van der Waals surface area contributed by atoms with Crippen LogP contribution in [0, 0.1) is 5.41 Å². The standard InChI is InChI=1S/C7H17NS/c1-4-9-6-7(2,3)5-8/h4-6,8H2,1-3H3. The van der Waals surface area contributed by atoms with Crippen LogP contribution in [0.1, 0.15) is 20.8 Å². The summed E-state index contributed by atoms with van der Waals surface area (Å²) in [5, 5.41) is 0. The predicted molar refractivity (Wildman–Crippen MR) is 45.8 cm³/mol. The summed E-state index contributed by atoms with van der Waals surface area (Å²) in [4.78, 5) is 0. The van der Waals surface area contributed by atoms with Crippen LogP contribution in [0.2, 0.25) is 0 Å². The van der Waals surface area contributed by atoms with Gasteiger partial charge in [-0.15, -0.1) is 0 Å². The molecule has 0 aliphatic carbocycles. The molecule has 0 aliphatic rings. The fourth-order valence-corrected chi connectivity index (χ4v) is 1.31. The first-order valence-electron chi connectivity index (χ1n) is 3.40. The highest BCUT2D eigenvalue weighted by Gasteiger charge is 2.13. The lowest BCUT2D eigenvalue weighted by atomic mass is 9.97. The van der Waals surface area contributed by atoms with Crippen LogP contribution in [-0.2, 0) is 0 Å². The Morgan fingerprint density at radius 2 is 2.00 bits per heavy atom. The normalized spacial score (nSPS) is 12.0. The smallest absolute Gasteiger partial charge is 0.000414 e. The van der Waals surface area contributed by atoms with Gasteiger partial charge in [0.2, 0.25) is 0 Å². The quantitative estimate of drug-likeness (QED) is 0.655. The second kappa shape index (κ2) is 4.18. The summed E-state index contributed by atoms with van der Waals surface area (Å²) in [6, 6.07) is 0. The molecule has 0 aliphatic heterocycles. The highest BCUT2D eigenvalue weighted by molar-refractivity contribution is 7.99. The lowest BCUT2D eigenvalue weighted by molar-refractivity contribution is 0.438. The van der Waals surface area contributed by atoms with E-state index in [-0.39, 0.29) is 0 Å². The van der Waals surface area contributed by atoms with Gasteiger partial charge in [-0.25, -0.2) is 0 Å². The van der Waals surface area contributed by atoms with E-state index >= 15 is 0 Å². The third-order valence-electron chi connectivity index (χ3n) is 1.25. The molecule has 0 aromatic rings. The van der Waals surface area contributed by atoms with E-state index in [4.69, 9.17) is 5.73 Å². The van der Waals surface area contributed by atoms with Crippen LogP contribution in [0.3, 0.4) is 0 Å². The number of hydrogen-bond acceptors (Lipinski definition) is 2. The maximum Gasteiger partial charge on any atom is -0.000414 e. The van der Waals surface area contributed by atoms with Gasteiger partial charge in [-0.3, -0.25) is 0 Å². The van der Waals surface area contributed by atoms with E-state index in [9.17, 15) is 0 Å². The first-order chi connectivity index (χ1) is 4.12. The summed E-state index contributed by atoms with van der Waals surface area (Å²) < 4.78 is 0. The first-order valence-corrected chi connectivity index (χ1v) is 4.55. The molecule has 9 heavy (non-hydrogen) atoms. The van der Waals surface area contributed by atoms with Crippen LogP contribution in [0.25, 0.3) is 0 Å². The second-order valence-corrected chi connectivity index (χ2v) is 4.28. The van der Waals surface area contributed by atoms with Crippen molar-refractivity contribution >= 4 is 11.8 Å². The third kappa shape index (κ3) is 4.79. The van der Waals surface area contributed by atoms with Crippen LogP contribution < -0.4 is 5.73 Å². The minimum atomic E-state index is 0.334. The van der Waals surface area contributed by atoms with Gasteiger partial charge < -0.3 is 5.73 Å². The SMILES string of the molecule is CCSCC(C)(C)CN. The van der Waals surface area contributed by atoms with Crippen molar-refractivity contribution in [3.05, 3.63) is 0 Å². The molecule has 0 spiro atoms. The molecule has 0 atom stereocenters. The largest absolute Gasteiger partial charge is 0.330 e. The van der Waals surface area contributed by atoms with E-state index in [0.29, 0.717) is 5.41 Å². The summed E-state index contributed by atoms with van der Waals surface area (Å²) >= 11 is 1.96. The van der Waals surface area contributed by atoms with E-state index in [1.54, 1.807) is 0 Å². The zero-order chi connectivity index (χ0) is 7.33. The molecular weight excluding hydrogens is 130 g/mol. The van der Waals surface area contributed by atoms with Gasteiger partial charge in [0.25, 0.3) is 0 Å². The van der Waals surface area contributed by atoms with Crippen molar-refractivity contribution in [2.24, 2.45) is 11.1 Å². The molecule has 0 saturated heterocycles. The Balaban J connectivity index is 3.33. The van der Waals surface area contributed by atoms with Crippen molar-refractivity contribution in [2.45, 2.75) is 20.8 Å². The number of nitrogens with two attached hydrogens (primary N) is 1. The average Bonchev–Trinajstić information content (AvgIpc) is 1.84. The van der Waals surface area contributed by atoms with Gasteiger partial charge in [-0.1, -0.05) is 20.8 Å². The number of hydrogen-bond donors (Lipinski definition) is 1. The average molecular weight is 147 g/mol. The van der Waals surface area contributed by atoms with Gasteiger partial charge in [0.05, 0.1) is 0 Å². The summed E-state index contributed by atoms with van der Waals surface area (Å²) in [6.07, 6.45) is 0. The topological polar surface area (TPSA) is 26.0 Å². The molecule has 1 nitrogen and oxygen atoms in total. The van der Waals surface area contributed by atoms with Crippen LogP contribution in [0.15, 0.2) is 0 Å². The Morgan fingerprint density at radius 1 is 1.44 bits per heavy atom. The highest BCUT2D eigenvalue weighted by atomic mass is 32.2. The van der Waals surface area contributed by atoms with Crippen molar-refractivity contribution < 1.29 is 0 Å². The van der Waals surface area contributed by atoms with Gasteiger partial charge >= 0.3 is 0 Å². The molecule has 0 aromatic heterocycles. The maximum atomic E-state index is 5.53. The molecule has 0 bridgehead atoms. The van der Waals surface area contributed by atoms with Gasteiger partial charge in [0.1, 0.15) is 0 Å². The van der Waals surface area contributed by atoms with Crippen molar-refractivity contribution in [3.8, 4) is 0 Å².